The molecule has 1 heterocycles. The first-order chi connectivity index (χ1) is 14.5. The number of halogens is 7. The van der Waals surface area contributed by atoms with Gasteiger partial charge in [0.15, 0.2) is 17.7 Å². The molecular formula is C22H21F7O2. The zero-order chi connectivity index (χ0) is 22.8. The van der Waals surface area contributed by atoms with Gasteiger partial charge in [-0.25, -0.2) is 8.78 Å². The van der Waals surface area contributed by atoms with Crippen LogP contribution in [0.2, 0.25) is 0 Å². The molecule has 1 unspecified atom stereocenters. The van der Waals surface area contributed by atoms with E-state index in [0.717, 1.165) is 37.5 Å². The van der Waals surface area contributed by atoms with Crippen molar-refractivity contribution in [1.82, 2.24) is 0 Å². The molecule has 0 saturated heterocycles. The van der Waals surface area contributed by atoms with Gasteiger partial charge in [0, 0.05) is 11.6 Å². The standard InChI is InChI=1S/C22H21F7O2/c1-2-3-4-5-13-6-8-16(17(23)10-13)22(28,29)31-15-11-14-7-9-19(21(25,26)27)30-20(14)18(24)12-15/h6,8,10-12,19H,2-5,7,9H2,1H3. The molecule has 1 aliphatic rings. The van der Waals surface area contributed by atoms with E-state index in [1.165, 1.54) is 6.07 Å². The lowest BCUT2D eigenvalue weighted by Crippen LogP contribution is -2.37. The summed E-state index contributed by atoms with van der Waals surface area (Å²) >= 11 is 0. The van der Waals surface area contributed by atoms with Crippen molar-refractivity contribution in [3.8, 4) is 11.5 Å². The summed E-state index contributed by atoms with van der Waals surface area (Å²) in [6, 6.07) is 4.80. The van der Waals surface area contributed by atoms with Crippen molar-refractivity contribution in [2.75, 3.05) is 0 Å². The van der Waals surface area contributed by atoms with Gasteiger partial charge in [-0.1, -0.05) is 25.8 Å². The maximum absolute atomic E-state index is 14.6. The van der Waals surface area contributed by atoms with Gasteiger partial charge >= 0.3 is 12.3 Å². The molecule has 3 rings (SSSR count). The summed E-state index contributed by atoms with van der Waals surface area (Å²) in [5, 5.41) is 0. The van der Waals surface area contributed by atoms with Crippen LogP contribution in [0.25, 0.3) is 0 Å². The second kappa shape index (κ2) is 8.96. The van der Waals surface area contributed by atoms with E-state index in [0.29, 0.717) is 18.1 Å². The predicted molar refractivity (Wildman–Crippen MR) is 99.3 cm³/mol. The molecule has 0 N–H and O–H groups in total. The molecule has 2 aromatic rings. The van der Waals surface area contributed by atoms with Gasteiger partial charge in [-0.3, -0.25) is 0 Å². The van der Waals surface area contributed by atoms with Gasteiger partial charge in [-0.15, -0.1) is 0 Å². The number of hydrogen-bond acceptors (Lipinski definition) is 2. The molecule has 1 aliphatic heterocycles. The van der Waals surface area contributed by atoms with Crippen molar-refractivity contribution in [2.45, 2.75) is 63.8 Å². The highest BCUT2D eigenvalue weighted by molar-refractivity contribution is 5.43. The highest BCUT2D eigenvalue weighted by atomic mass is 19.4. The van der Waals surface area contributed by atoms with E-state index in [9.17, 15) is 30.7 Å². The lowest BCUT2D eigenvalue weighted by Gasteiger charge is -2.28. The zero-order valence-corrected chi connectivity index (χ0v) is 16.7. The van der Waals surface area contributed by atoms with Crippen molar-refractivity contribution in [3.63, 3.8) is 0 Å². The largest absolute Gasteiger partial charge is 0.478 e. The minimum absolute atomic E-state index is 0.0296. The van der Waals surface area contributed by atoms with E-state index in [1.54, 1.807) is 0 Å². The Morgan fingerprint density at radius 2 is 1.74 bits per heavy atom. The molecule has 0 spiro atoms. The Morgan fingerprint density at radius 3 is 2.39 bits per heavy atom. The predicted octanol–water partition coefficient (Wildman–Crippen LogP) is 7.08. The lowest BCUT2D eigenvalue weighted by molar-refractivity contribution is -0.199. The fourth-order valence-electron chi connectivity index (χ4n) is 3.45. The summed E-state index contributed by atoms with van der Waals surface area (Å²) in [4.78, 5) is 0. The molecule has 0 aromatic heterocycles. The Bertz CT molecular complexity index is 925. The van der Waals surface area contributed by atoms with E-state index >= 15 is 0 Å². The van der Waals surface area contributed by atoms with E-state index < -0.39 is 53.5 Å². The lowest BCUT2D eigenvalue weighted by atomic mass is 10.0. The van der Waals surface area contributed by atoms with Crippen molar-refractivity contribution in [3.05, 3.63) is 58.7 Å². The third-order valence-corrected chi connectivity index (χ3v) is 5.06. The molecule has 1 atom stereocenters. The number of alkyl halides is 5. The smallest absolute Gasteiger partial charge is 0.429 e. The second-order valence-corrected chi connectivity index (χ2v) is 7.47. The SMILES string of the molecule is CCCCCc1ccc(C(F)(F)Oc2cc(F)c3c(c2)CCC(C(F)(F)F)O3)c(F)c1. The van der Waals surface area contributed by atoms with Crippen molar-refractivity contribution < 1.29 is 40.2 Å². The quantitative estimate of drug-likeness (QED) is 0.332. The maximum atomic E-state index is 14.6. The molecule has 9 heteroatoms. The van der Waals surface area contributed by atoms with Crippen LogP contribution in [-0.4, -0.2) is 12.3 Å². The average Bonchev–Trinajstić information content (AvgIpc) is 2.66. The molecule has 2 nitrogen and oxygen atoms in total. The third-order valence-electron chi connectivity index (χ3n) is 5.06. The van der Waals surface area contributed by atoms with E-state index in [1.807, 2.05) is 6.92 Å². The van der Waals surface area contributed by atoms with Gasteiger partial charge in [-0.05, 0) is 49.4 Å². The molecule has 2 aromatic carbocycles. The van der Waals surface area contributed by atoms with Crippen molar-refractivity contribution in [1.29, 1.82) is 0 Å². The van der Waals surface area contributed by atoms with E-state index in [2.05, 4.69) is 9.47 Å². The number of rotatable bonds is 7. The number of aryl methyl sites for hydroxylation is 2. The van der Waals surface area contributed by atoms with Gasteiger partial charge < -0.3 is 9.47 Å². The summed E-state index contributed by atoms with van der Waals surface area (Å²) in [7, 11) is 0. The van der Waals surface area contributed by atoms with Crippen LogP contribution in [0.15, 0.2) is 30.3 Å². The fourth-order valence-corrected chi connectivity index (χ4v) is 3.45. The summed E-state index contributed by atoms with van der Waals surface area (Å²) in [5.74, 6) is -3.70. The molecule has 31 heavy (non-hydrogen) atoms. The van der Waals surface area contributed by atoms with Crippen molar-refractivity contribution in [2.24, 2.45) is 0 Å². The Labute approximate surface area is 175 Å². The van der Waals surface area contributed by atoms with Gasteiger partial charge in [0.05, 0.1) is 5.56 Å². The van der Waals surface area contributed by atoms with Crippen LogP contribution in [-0.2, 0) is 19.0 Å². The van der Waals surface area contributed by atoms with Crippen LogP contribution in [0, 0.1) is 11.6 Å². The van der Waals surface area contributed by atoms with Crippen LogP contribution in [0.1, 0.15) is 49.3 Å². The first-order valence-electron chi connectivity index (χ1n) is 9.92. The monoisotopic (exact) mass is 450 g/mol. The van der Waals surface area contributed by atoms with E-state index in [-0.39, 0.29) is 12.0 Å². The van der Waals surface area contributed by atoms with Crippen molar-refractivity contribution >= 4 is 0 Å². The zero-order valence-electron chi connectivity index (χ0n) is 16.7. The number of fused-ring (bicyclic) bond motifs is 1. The highest BCUT2D eigenvalue weighted by Crippen LogP contribution is 2.41. The normalized spacial score (nSPS) is 16.6. The highest BCUT2D eigenvalue weighted by Gasteiger charge is 2.44. The van der Waals surface area contributed by atoms with Gasteiger partial charge in [-0.2, -0.15) is 22.0 Å². The summed E-state index contributed by atoms with van der Waals surface area (Å²) in [5.41, 5.74) is -0.474. The van der Waals surface area contributed by atoms with Crippen LogP contribution >= 0.6 is 0 Å². The molecular weight excluding hydrogens is 429 g/mol. The number of unbranched alkanes of at least 4 members (excludes halogenated alkanes) is 2. The third kappa shape index (κ3) is 5.43. The minimum atomic E-state index is -4.67. The van der Waals surface area contributed by atoms with Gasteiger partial charge in [0.1, 0.15) is 11.6 Å². The van der Waals surface area contributed by atoms with Crippen LogP contribution in [0.3, 0.4) is 0 Å². The minimum Gasteiger partial charge on any atom is -0.478 e. The first-order valence-corrected chi connectivity index (χ1v) is 9.92. The topological polar surface area (TPSA) is 18.5 Å². The molecule has 0 amide bonds. The Morgan fingerprint density at radius 1 is 1.00 bits per heavy atom. The molecule has 0 bridgehead atoms. The average molecular weight is 450 g/mol. The Balaban J connectivity index is 1.78. The molecule has 0 fully saturated rings. The molecule has 170 valence electrons. The number of benzene rings is 2. The van der Waals surface area contributed by atoms with Gasteiger partial charge in [0.25, 0.3) is 0 Å². The Kier molecular flexibility index (Phi) is 6.71. The molecule has 0 radical (unpaired) electrons. The Hall–Kier alpha value is -2.45. The van der Waals surface area contributed by atoms with Gasteiger partial charge in [0.2, 0.25) is 0 Å². The summed E-state index contributed by atoms with van der Waals surface area (Å²) < 4.78 is 105. The molecule has 0 aliphatic carbocycles. The van der Waals surface area contributed by atoms with E-state index in [4.69, 9.17) is 0 Å². The second-order valence-electron chi connectivity index (χ2n) is 7.47. The molecule has 0 saturated carbocycles. The fraction of sp³-hybridized carbons (Fsp3) is 0.455. The van der Waals surface area contributed by atoms with Crippen LogP contribution < -0.4 is 9.47 Å². The number of hydrogen-bond donors (Lipinski definition) is 0. The maximum Gasteiger partial charge on any atom is 0.429 e. The first kappa shape index (κ1) is 23.2. The summed E-state index contributed by atoms with van der Waals surface area (Å²) in [6.45, 7) is 2.01. The van der Waals surface area contributed by atoms with Crippen LogP contribution in [0.5, 0.6) is 11.5 Å². The van der Waals surface area contributed by atoms with Crippen LogP contribution in [0.4, 0.5) is 30.7 Å². The summed E-state index contributed by atoms with van der Waals surface area (Å²) in [6.07, 6.45) is -8.44. The number of ether oxygens (including phenoxy) is 2.